The van der Waals surface area contributed by atoms with Crippen LogP contribution in [0.5, 0.6) is 0 Å². The van der Waals surface area contributed by atoms with Gasteiger partial charge in [0.05, 0.1) is 12.5 Å². The molecule has 12 heteroatoms. The number of nitro groups is 1. The maximum Gasteiger partial charge on any atom is 0.433 e. The largest absolute Gasteiger partial charge is 0.477 e. The number of β-lactam (4-membered cyclic amide) rings is 1. The summed E-state index contributed by atoms with van der Waals surface area (Å²) in [4.78, 5) is 48.8. The molecule has 0 radical (unpaired) electrons. The number of rotatable bonds is 7. The molecule has 0 aromatic carbocycles. The van der Waals surface area contributed by atoms with Gasteiger partial charge < -0.3 is 14.8 Å². The number of hydrogen-bond acceptors (Lipinski definition) is 8. The first-order valence-corrected chi connectivity index (χ1v) is 10.9. The van der Waals surface area contributed by atoms with Crippen molar-refractivity contribution in [3.05, 3.63) is 67.7 Å². The van der Waals surface area contributed by atoms with Gasteiger partial charge in [-0.3, -0.25) is 24.6 Å². The summed E-state index contributed by atoms with van der Waals surface area (Å²) in [5.74, 6) is -2.02. The summed E-state index contributed by atoms with van der Waals surface area (Å²) in [5.41, 5.74) is 0.194. The third-order valence-corrected chi connectivity index (χ3v) is 6.85. The Morgan fingerprint density at radius 1 is 1.35 bits per heavy atom. The number of fused-ring (bicyclic) bond motifs is 1. The molecule has 10 nitrogen and oxygen atoms in total. The number of amides is 2. The molecular weight excluding hydrogens is 446 g/mol. The number of hydrogen-bond donors (Lipinski definition) is 2. The summed E-state index contributed by atoms with van der Waals surface area (Å²) in [6.45, 7) is 0. The van der Waals surface area contributed by atoms with E-state index < -0.39 is 34.1 Å². The summed E-state index contributed by atoms with van der Waals surface area (Å²) >= 11 is 2.77. The molecule has 4 rings (SSSR count). The van der Waals surface area contributed by atoms with E-state index in [4.69, 9.17) is 4.42 Å². The van der Waals surface area contributed by atoms with Crippen molar-refractivity contribution in [2.24, 2.45) is 0 Å². The Morgan fingerprint density at radius 3 is 2.81 bits per heavy atom. The molecule has 31 heavy (non-hydrogen) atoms. The van der Waals surface area contributed by atoms with Gasteiger partial charge in [-0.25, -0.2) is 4.79 Å². The molecule has 1 fully saturated rings. The molecule has 0 bridgehead atoms. The molecule has 2 aliphatic heterocycles. The number of thioether (sulfide) groups is 1. The Labute approximate surface area is 183 Å². The molecule has 0 aliphatic carbocycles. The molecular formula is C19H15N3O7S2. The standard InChI is InChI=1S/C19H15N3O7S2/c23-13(8-12-2-1-7-30-12)20-15-17(24)21-16(19(25)26)10(9-31-18(15)21)3-4-11-5-6-14(29-11)22(27)28/h1-7,15,18H,8-9H2,(H,20,23)(H,25,26)/b4-3+/t15-,18-/m1/s1. The molecule has 0 spiro atoms. The number of carbonyl (C=O) groups excluding carboxylic acids is 2. The van der Waals surface area contributed by atoms with Crippen molar-refractivity contribution >= 4 is 52.8 Å². The van der Waals surface area contributed by atoms with Gasteiger partial charge in [0.1, 0.15) is 27.8 Å². The Bertz CT molecular complexity index is 1120. The summed E-state index contributed by atoms with van der Waals surface area (Å²) < 4.78 is 5.03. The molecule has 2 aliphatic rings. The van der Waals surface area contributed by atoms with Gasteiger partial charge in [0, 0.05) is 10.6 Å². The fourth-order valence-electron chi connectivity index (χ4n) is 3.28. The lowest BCUT2D eigenvalue weighted by Gasteiger charge is -2.49. The lowest BCUT2D eigenvalue weighted by molar-refractivity contribution is -0.402. The van der Waals surface area contributed by atoms with Crippen LogP contribution in [-0.2, 0) is 20.8 Å². The second-order valence-electron chi connectivity index (χ2n) is 6.66. The van der Waals surface area contributed by atoms with Crippen molar-refractivity contribution in [1.82, 2.24) is 10.2 Å². The van der Waals surface area contributed by atoms with Crippen LogP contribution in [0.1, 0.15) is 10.6 Å². The van der Waals surface area contributed by atoms with Crippen LogP contribution in [0.2, 0.25) is 0 Å². The highest BCUT2D eigenvalue weighted by Crippen LogP contribution is 2.40. The van der Waals surface area contributed by atoms with E-state index in [2.05, 4.69) is 5.32 Å². The van der Waals surface area contributed by atoms with Gasteiger partial charge in [-0.05, 0) is 29.2 Å². The SMILES string of the molecule is O=C(Cc1cccs1)N[C@@H]1C(=O)N2C(C(=O)O)=C(/C=C/c3ccc([N+](=O)[O-])o3)CS[C@H]12. The molecule has 160 valence electrons. The van der Waals surface area contributed by atoms with Crippen molar-refractivity contribution in [3.63, 3.8) is 0 Å². The Balaban J connectivity index is 1.49. The Hall–Kier alpha value is -3.38. The number of carbonyl (C=O) groups is 3. The first kappa shape index (κ1) is 20.9. The zero-order valence-electron chi connectivity index (χ0n) is 15.7. The van der Waals surface area contributed by atoms with Gasteiger partial charge in [0.2, 0.25) is 5.91 Å². The highest BCUT2D eigenvalue weighted by molar-refractivity contribution is 8.00. The lowest BCUT2D eigenvalue weighted by Crippen LogP contribution is -2.70. The molecule has 2 atom stereocenters. The van der Waals surface area contributed by atoms with Crippen LogP contribution in [0.15, 0.2) is 51.4 Å². The quantitative estimate of drug-likeness (QED) is 0.363. The topological polar surface area (TPSA) is 143 Å². The van der Waals surface area contributed by atoms with Crippen LogP contribution < -0.4 is 5.32 Å². The van der Waals surface area contributed by atoms with Gasteiger partial charge in [0.25, 0.3) is 5.91 Å². The van der Waals surface area contributed by atoms with E-state index in [0.717, 1.165) is 9.78 Å². The molecule has 1 saturated heterocycles. The van der Waals surface area contributed by atoms with E-state index in [1.165, 1.54) is 47.4 Å². The van der Waals surface area contributed by atoms with Crippen LogP contribution in [0, 0.1) is 10.1 Å². The van der Waals surface area contributed by atoms with Crippen molar-refractivity contribution < 1.29 is 28.8 Å². The van der Waals surface area contributed by atoms with Crippen LogP contribution >= 0.6 is 23.1 Å². The van der Waals surface area contributed by atoms with Crippen molar-refractivity contribution in [1.29, 1.82) is 0 Å². The predicted octanol–water partition coefficient (Wildman–Crippen LogP) is 2.24. The zero-order valence-corrected chi connectivity index (χ0v) is 17.4. The monoisotopic (exact) mass is 461 g/mol. The second-order valence-corrected chi connectivity index (χ2v) is 8.79. The average Bonchev–Trinajstić information content (AvgIpc) is 3.41. The number of furan rings is 1. The first-order chi connectivity index (χ1) is 14.8. The number of nitrogens with zero attached hydrogens (tertiary/aromatic N) is 2. The van der Waals surface area contributed by atoms with Crippen LogP contribution in [0.25, 0.3) is 6.08 Å². The number of thiophene rings is 1. The van der Waals surface area contributed by atoms with E-state index in [0.29, 0.717) is 5.57 Å². The smallest absolute Gasteiger partial charge is 0.433 e. The van der Waals surface area contributed by atoms with Gasteiger partial charge in [0.15, 0.2) is 0 Å². The molecule has 2 aromatic heterocycles. The number of allylic oxidation sites excluding steroid dienone is 1. The average molecular weight is 461 g/mol. The minimum absolute atomic E-state index is 0.156. The van der Waals surface area contributed by atoms with E-state index >= 15 is 0 Å². The fraction of sp³-hybridized carbons (Fsp3) is 0.211. The highest BCUT2D eigenvalue weighted by Gasteiger charge is 2.53. The molecule has 2 N–H and O–H groups in total. The van der Waals surface area contributed by atoms with Crippen molar-refractivity contribution in [2.45, 2.75) is 17.8 Å². The van der Waals surface area contributed by atoms with Gasteiger partial charge in [-0.2, -0.15) is 0 Å². The van der Waals surface area contributed by atoms with Crippen LogP contribution in [0.3, 0.4) is 0 Å². The summed E-state index contributed by atoms with van der Waals surface area (Å²) in [7, 11) is 0. The van der Waals surface area contributed by atoms with E-state index in [9.17, 15) is 29.6 Å². The maximum atomic E-state index is 12.6. The predicted molar refractivity (Wildman–Crippen MR) is 112 cm³/mol. The second kappa shape index (κ2) is 8.40. The van der Waals surface area contributed by atoms with E-state index in [1.807, 2.05) is 17.5 Å². The lowest BCUT2D eigenvalue weighted by atomic mass is 10.0. The Kier molecular flexibility index (Phi) is 5.65. The Morgan fingerprint density at radius 2 is 2.16 bits per heavy atom. The third-order valence-electron chi connectivity index (χ3n) is 4.67. The minimum atomic E-state index is -1.27. The maximum absolute atomic E-state index is 12.6. The number of carboxylic acids is 1. The molecule has 2 amide bonds. The normalized spacial score (nSPS) is 20.5. The highest BCUT2D eigenvalue weighted by atomic mass is 32.2. The van der Waals surface area contributed by atoms with Crippen molar-refractivity contribution in [3.8, 4) is 0 Å². The number of nitrogens with one attached hydrogen (secondary N) is 1. The molecule has 0 unspecified atom stereocenters. The fourth-order valence-corrected chi connectivity index (χ4v) is 5.30. The van der Waals surface area contributed by atoms with E-state index in [-0.39, 0.29) is 29.5 Å². The first-order valence-electron chi connectivity index (χ1n) is 9.00. The summed E-state index contributed by atoms with van der Waals surface area (Å²) in [6.07, 6.45) is 3.03. The molecule has 2 aromatic rings. The van der Waals surface area contributed by atoms with Gasteiger partial charge >= 0.3 is 11.9 Å². The number of aliphatic carboxylic acids is 1. The molecule has 0 saturated carbocycles. The number of carboxylic acid groups (broad SMARTS) is 1. The van der Waals surface area contributed by atoms with Gasteiger partial charge in [-0.15, -0.1) is 23.1 Å². The summed E-state index contributed by atoms with van der Waals surface area (Å²) in [6, 6.07) is 5.46. The van der Waals surface area contributed by atoms with Crippen LogP contribution in [-0.4, -0.2) is 49.9 Å². The summed E-state index contributed by atoms with van der Waals surface area (Å²) in [5, 5.41) is 24.4. The zero-order chi connectivity index (χ0) is 22.1. The van der Waals surface area contributed by atoms with Gasteiger partial charge in [-0.1, -0.05) is 12.1 Å². The van der Waals surface area contributed by atoms with Crippen molar-refractivity contribution in [2.75, 3.05) is 5.75 Å². The van der Waals surface area contributed by atoms with Crippen LogP contribution in [0.4, 0.5) is 5.88 Å². The molecule has 4 heterocycles. The third kappa shape index (κ3) is 4.11. The van der Waals surface area contributed by atoms with E-state index in [1.54, 1.807) is 0 Å². The minimum Gasteiger partial charge on any atom is -0.477 e.